The second-order valence-electron chi connectivity index (χ2n) is 7.05. The van der Waals surface area contributed by atoms with Gasteiger partial charge >= 0.3 is 6.18 Å². The topological polar surface area (TPSA) is 96.0 Å². The quantitative estimate of drug-likeness (QED) is 0.639. The van der Waals surface area contributed by atoms with Crippen LogP contribution in [0.5, 0.6) is 0 Å². The molecule has 0 unspecified atom stereocenters. The standard InChI is InChI=1S/C17H18F3N3O4/c1-10-2-7-14-13(8-10)16(25,17(18,19)20)22(21-14)15(24)9-11-3-5-12(6-4-11)23(26)27/h3-6,10,13,25H,2,7-9H2,1H3/t10-,13-,16+/m1/s1. The van der Waals surface area contributed by atoms with Gasteiger partial charge in [0, 0.05) is 17.8 Å². The molecule has 1 fully saturated rings. The molecule has 0 radical (unpaired) electrons. The number of hydrogen-bond acceptors (Lipinski definition) is 5. The van der Waals surface area contributed by atoms with E-state index in [1.54, 1.807) is 6.92 Å². The van der Waals surface area contributed by atoms with E-state index in [-0.39, 0.29) is 28.7 Å². The molecule has 146 valence electrons. The number of amides is 1. The first-order valence-electron chi connectivity index (χ1n) is 8.47. The lowest BCUT2D eigenvalue weighted by Gasteiger charge is -2.39. The van der Waals surface area contributed by atoms with Crippen LogP contribution in [0, 0.1) is 22.0 Å². The Kier molecular flexibility index (Phi) is 4.71. The molecule has 1 aromatic carbocycles. The monoisotopic (exact) mass is 385 g/mol. The van der Waals surface area contributed by atoms with Gasteiger partial charge in [0.05, 0.1) is 17.3 Å². The van der Waals surface area contributed by atoms with Crippen LogP contribution in [0.15, 0.2) is 29.4 Å². The lowest BCUT2D eigenvalue weighted by atomic mass is 9.76. The third-order valence-electron chi connectivity index (χ3n) is 5.13. The SMILES string of the molecule is C[C@@H]1CCC2=NN(C(=O)Cc3ccc([N+](=O)[O-])cc3)[C@@](O)(C(F)(F)F)[C@@H]2C1. The Hall–Kier alpha value is -2.49. The number of nitro benzene ring substituents is 1. The largest absolute Gasteiger partial charge is 0.439 e. The normalized spacial score (nSPS) is 27.9. The first-order chi connectivity index (χ1) is 12.5. The maximum Gasteiger partial charge on any atom is 0.439 e. The van der Waals surface area contributed by atoms with E-state index in [2.05, 4.69) is 5.10 Å². The van der Waals surface area contributed by atoms with Crippen molar-refractivity contribution in [3.05, 3.63) is 39.9 Å². The van der Waals surface area contributed by atoms with Crippen molar-refractivity contribution in [2.45, 2.75) is 44.5 Å². The fourth-order valence-corrected chi connectivity index (χ4v) is 3.64. The number of carbonyl (C=O) groups is 1. The zero-order chi connectivity index (χ0) is 20.0. The molecule has 1 aromatic rings. The van der Waals surface area contributed by atoms with Gasteiger partial charge in [-0.05, 0) is 30.7 Å². The number of nitrogens with zero attached hydrogens (tertiary/aromatic N) is 3. The minimum absolute atomic E-state index is 0.0208. The van der Waals surface area contributed by atoms with Crippen LogP contribution < -0.4 is 0 Å². The van der Waals surface area contributed by atoms with Crippen LogP contribution in [0.4, 0.5) is 18.9 Å². The summed E-state index contributed by atoms with van der Waals surface area (Å²) >= 11 is 0. The van der Waals surface area contributed by atoms with Crippen molar-refractivity contribution in [2.24, 2.45) is 16.9 Å². The highest BCUT2D eigenvalue weighted by Gasteiger charge is 2.68. The van der Waals surface area contributed by atoms with Crippen molar-refractivity contribution < 1.29 is 28.0 Å². The number of hydrazone groups is 1. The number of nitro groups is 1. The molecule has 27 heavy (non-hydrogen) atoms. The van der Waals surface area contributed by atoms with E-state index in [9.17, 15) is 33.2 Å². The van der Waals surface area contributed by atoms with Gasteiger partial charge in [0.15, 0.2) is 0 Å². The fraction of sp³-hybridized carbons (Fsp3) is 0.529. The second kappa shape index (κ2) is 6.59. The van der Waals surface area contributed by atoms with Gasteiger partial charge in [-0.1, -0.05) is 19.1 Å². The molecule has 2 aliphatic rings. The molecule has 1 aliphatic heterocycles. The highest BCUT2D eigenvalue weighted by atomic mass is 19.4. The highest BCUT2D eigenvalue weighted by Crippen LogP contribution is 2.49. The van der Waals surface area contributed by atoms with Gasteiger partial charge in [0.25, 0.3) is 11.4 Å². The number of aliphatic hydroxyl groups is 1. The molecule has 0 saturated heterocycles. The van der Waals surface area contributed by atoms with E-state index >= 15 is 0 Å². The maximum absolute atomic E-state index is 13.7. The molecule has 3 rings (SSSR count). The summed E-state index contributed by atoms with van der Waals surface area (Å²) in [4.78, 5) is 22.6. The lowest BCUT2D eigenvalue weighted by molar-refractivity contribution is -0.384. The Morgan fingerprint density at radius 2 is 2.04 bits per heavy atom. The van der Waals surface area contributed by atoms with Crippen LogP contribution in [0.25, 0.3) is 0 Å². The van der Waals surface area contributed by atoms with Gasteiger partial charge in [-0.25, -0.2) is 0 Å². The number of fused-ring (bicyclic) bond motifs is 1. The summed E-state index contributed by atoms with van der Waals surface area (Å²) in [5.41, 5.74) is -3.09. The molecule has 3 atom stereocenters. The lowest BCUT2D eigenvalue weighted by Crippen LogP contribution is -2.62. The number of alkyl halides is 3. The van der Waals surface area contributed by atoms with E-state index in [1.807, 2.05) is 0 Å². The van der Waals surface area contributed by atoms with Gasteiger partial charge < -0.3 is 5.11 Å². The van der Waals surface area contributed by atoms with Crippen LogP contribution >= 0.6 is 0 Å². The van der Waals surface area contributed by atoms with Gasteiger partial charge in [0.2, 0.25) is 5.91 Å². The van der Waals surface area contributed by atoms with E-state index in [0.717, 1.165) is 12.1 Å². The summed E-state index contributed by atoms with van der Waals surface area (Å²) in [5, 5.41) is 25.2. The molecule has 0 spiro atoms. The third kappa shape index (κ3) is 3.29. The van der Waals surface area contributed by atoms with Crippen LogP contribution in [-0.4, -0.2) is 38.6 Å². The predicted octanol–water partition coefficient (Wildman–Crippen LogP) is 3.02. The predicted molar refractivity (Wildman–Crippen MR) is 88.6 cm³/mol. The Morgan fingerprint density at radius 1 is 1.41 bits per heavy atom. The summed E-state index contributed by atoms with van der Waals surface area (Å²) in [7, 11) is 0. The Morgan fingerprint density at radius 3 is 2.59 bits per heavy atom. The molecule has 1 saturated carbocycles. The van der Waals surface area contributed by atoms with Gasteiger partial charge in [-0.2, -0.15) is 23.3 Å². The fourth-order valence-electron chi connectivity index (χ4n) is 3.64. The summed E-state index contributed by atoms with van der Waals surface area (Å²) in [6.07, 6.45) is -4.49. The number of carbonyl (C=O) groups excluding carboxylic acids is 1. The van der Waals surface area contributed by atoms with Crippen molar-refractivity contribution >= 4 is 17.3 Å². The second-order valence-corrected chi connectivity index (χ2v) is 7.05. The maximum atomic E-state index is 13.7. The number of non-ortho nitro benzene ring substituents is 1. The molecule has 1 heterocycles. The minimum atomic E-state index is -5.06. The Labute approximate surface area is 152 Å². The molecule has 7 nitrogen and oxygen atoms in total. The number of hydrogen-bond donors (Lipinski definition) is 1. The van der Waals surface area contributed by atoms with Gasteiger partial charge in [0.1, 0.15) is 0 Å². The first kappa shape index (κ1) is 19.3. The first-order valence-corrected chi connectivity index (χ1v) is 8.47. The highest BCUT2D eigenvalue weighted by molar-refractivity contribution is 5.93. The zero-order valence-corrected chi connectivity index (χ0v) is 14.4. The molecule has 1 N–H and O–H groups in total. The van der Waals surface area contributed by atoms with Crippen LogP contribution in [0.3, 0.4) is 0 Å². The van der Waals surface area contributed by atoms with Crippen LogP contribution in [0.2, 0.25) is 0 Å². The number of benzene rings is 1. The van der Waals surface area contributed by atoms with E-state index in [0.29, 0.717) is 18.4 Å². The average molecular weight is 385 g/mol. The summed E-state index contributed by atoms with van der Waals surface area (Å²) < 4.78 is 41.2. The summed E-state index contributed by atoms with van der Waals surface area (Å²) in [6.45, 7) is 1.80. The van der Waals surface area contributed by atoms with Crippen LogP contribution in [0.1, 0.15) is 31.7 Å². The van der Waals surface area contributed by atoms with Crippen molar-refractivity contribution in [1.82, 2.24) is 5.01 Å². The third-order valence-corrected chi connectivity index (χ3v) is 5.13. The number of rotatable bonds is 3. The molecular weight excluding hydrogens is 367 g/mol. The summed E-state index contributed by atoms with van der Waals surface area (Å²) in [6, 6.07) is 4.91. The minimum Gasteiger partial charge on any atom is -0.362 e. The molecular formula is C17H18F3N3O4. The molecule has 0 aromatic heterocycles. The molecule has 0 bridgehead atoms. The van der Waals surface area contributed by atoms with E-state index in [4.69, 9.17) is 0 Å². The van der Waals surface area contributed by atoms with E-state index < -0.39 is 35.1 Å². The van der Waals surface area contributed by atoms with Gasteiger partial charge in [-0.15, -0.1) is 0 Å². The Bertz CT molecular complexity index is 794. The zero-order valence-electron chi connectivity index (χ0n) is 14.4. The molecule has 10 heteroatoms. The molecule has 1 aliphatic carbocycles. The van der Waals surface area contributed by atoms with E-state index in [1.165, 1.54) is 12.1 Å². The number of halogens is 3. The molecule has 1 amide bonds. The smallest absolute Gasteiger partial charge is 0.362 e. The van der Waals surface area contributed by atoms with Crippen molar-refractivity contribution in [1.29, 1.82) is 0 Å². The van der Waals surface area contributed by atoms with Crippen LogP contribution in [-0.2, 0) is 11.2 Å². The van der Waals surface area contributed by atoms with Crippen molar-refractivity contribution in [2.75, 3.05) is 0 Å². The Balaban J connectivity index is 1.87. The van der Waals surface area contributed by atoms with Crippen molar-refractivity contribution in [3.8, 4) is 0 Å². The average Bonchev–Trinajstić information content (AvgIpc) is 2.89. The summed E-state index contributed by atoms with van der Waals surface area (Å²) in [5.74, 6) is -2.31. The van der Waals surface area contributed by atoms with Gasteiger partial charge in [-0.3, -0.25) is 14.9 Å². The van der Waals surface area contributed by atoms with Crippen molar-refractivity contribution in [3.63, 3.8) is 0 Å².